The third kappa shape index (κ3) is 25.9. The van der Waals surface area contributed by atoms with Crippen molar-refractivity contribution in [3.63, 3.8) is 0 Å². The van der Waals surface area contributed by atoms with Crippen molar-refractivity contribution < 1.29 is 70.1 Å². The van der Waals surface area contributed by atoms with Crippen LogP contribution in [0.25, 0.3) is 33.8 Å². The Labute approximate surface area is 709 Å². The lowest BCUT2D eigenvalue weighted by atomic mass is 10.1. The lowest BCUT2D eigenvalue weighted by molar-refractivity contribution is -0.119. The molecule has 3 aromatic carbocycles. The molecule has 118 heavy (non-hydrogen) atoms. The van der Waals surface area contributed by atoms with Gasteiger partial charge < -0.3 is 81.4 Å². The molecule has 0 bridgehead atoms. The normalized spacial score (nSPS) is 14.1. The third-order valence-corrected chi connectivity index (χ3v) is 17.9. The maximum absolute atomic E-state index is 12.4. The summed E-state index contributed by atoms with van der Waals surface area (Å²) in [6.45, 7) is 9.76. The number of para-hydroxylation sites is 3. The highest BCUT2D eigenvalue weighted by Gasteiger charge is 2.31. The van der Waals surface area contributed by atoms with Crippen LogP contribution < -0.4 is 62.5 Å². The van der Waals surface area contributed by atoms with Crippen molar-refractivity contribution >= 4 is 122 Å². The number of hydrogen-bond acceptors (Lipinski definition) is 27. The molecule has 7 aromatic heterocycles. The molecule has 3 atom stereocenters. The molecule has 10 N–H and O–H groups in total. The fourth-order valence-corrected chi connectivity index (χ4v) is 11.6. The van der Waals surface area contributed by atoms with Crippen molar-refractivity contribution in [3.8, 4) is 51.0 Å². The summed E-state index contributed by atoms with van der Waals surface area (Å²) in [5.41, 5.74) is 10.9. The van der Waals surface area contributed by atoms with Gasteiger partial charge in [-0.2, -0.15) is 15.3 Å². The van der Waals surface area contributed by atoms with Crippen molar-refractivity contribution in [3.05, 3.63) is 159 Å². The van der Waals surface area contributed by atoms with E-state index in [9.17, 15) is 28.8 Å². The van der Waals surface area contributed by atoms with Gasteiger partial charge in [0, 0.05) is 135 Å². The first-order chi connectivity index (χ1) is 59.1. The molecule has 628 valence electrons. The van der Waals surface area contributed by atoms with Gasteiger partial charge in [0.25, 0.3) is 23.6 Å². The summed E-state index contributed by atoms with van der Waals surface area (Å²) in [6, 6.07) is 27.5. The van der Waals surface area contributed by atoms with Crippen molar-refractivity contribution in [1.29, 1.82) is 0 Å². The fourth-order valence-electron chi connectivity index (χ4n) is 10.9. The van der Waals surface area contributed by atoms with Gasteiger partial charge in [-0.05, 0) is 141 Å². The average molecular weight is 1710 g/mol. The molecule has 40 heteroatoms. The molecule has 0 radical (unpaired) electrons. The van der Waals surface area contributed by atoms with Gasteiger partial charge in [0.1, 0.15) is 18.7 Å². The molecule has 1 saturated heterocycles. The predicted octanol–water partition coefficient (Wildman–Crippen LogP) is 12.5. The first kappa shape index (κ1) is 82.7. The number of anilines is 7. The van der Waals surface area contributed by atoms with Gasteiger partial charge >= 0.3 is 0 Å². The molecule has 2 aliphatic carbocycles. The number of nitrogens with one attached hydrogen (secondary N) is 8. The number of carbonyl (C=O) groups is 6. The van der Waals surface area contributed by atoms with Gasteiger partial charge in [0.05, 0.1) is 77.6 Å². The highest BCUT2D eigenvalue weighted by molar-refractivity contribution is 6.35. The van der Waals surface area contributed by atoms with Gasteiger partial charge in [0.15, 0.2) is 61.3 Å². The first-order valence-electron chi connectivity index (χ1n) is 39.9. The van der Waals surface area contributed by atoms with Crippen LogP contribution in [0.3, 0.4) is 0 Å². The number of ether oxygens (including phenoxy) is 7. The Hall–Kier alpha value is -11.8. The molecule has 1 aliphatic heterocycles. The molecular formula is C78H95Cl4N23O13. The molecule has 3 unspecified atom stereocenters. The van der Waals surface area contributed by atoms with E-state index in [-0.39, 0.29) is 109 Å². The lowest BCUT2D eigenvalue weighted by Crippen LogP contribution is -2.22. The molecule has 8 heterocycles. The second-order valence-corrected chi connectivity index (χ2v) is 26.9. The van der Waals surface area contributed by atoms with E-state index in [1.165, 1.54) is 59.4 Å². The lowest BCUT2D eigenvalue weighted by Gasteiger charge is -2.16. The minimum Gasteiger partial charge on any atom is -0.494 e. The molecular weight excluding hydrogens is 1610 g/mol. The smallest absolute Gasteiger partial charge is 0.273 e. The van der Waals surface area contributed by atoms with Crippen molar-refractivity contribution in [2.75, 3.05) is 104 Å². The number of halogens is 4. The molecule has 6 amide bonds. The number of nitrogens with two attached hydrogens (primary N) is 1. The fraction of sp³-hybridized carbons (Fsp3) is 0.372. The Morgan fingerprint density at radius 2 is 0.822 bits per heavy atom. The van der Waals surface area contributed by atoms with Crippen LogP contribution in [0.4, 0.5) is 39.9 Å². The van der Waals surface area contributed by atoms with E-state index in [4.69, 9.17) is 93.5 Å². The SMILES string of the molecule is C1CCOC1.CCOC(C)n1ccc(-c2cccc(Nc3cc(NC(=O)C4CC4)nnc3C(=O)NC)c2OC)n1.CNC(=O)c1nnc(Cl)cc1Cl.NC(=O)C1CC1.[2H]C([2H])([2H])NC(=O)c1nnc(Cl)cc1Nc1cccc(-c2ccn(C(C)OCC)n2)c1OC.[2H]C([2H])([2H])NC(=O)c1nnc(Cl)cc1Nc1cccc(-c2ccn(C(C)OCC)n2)c1OC. The predicted molar refractivity (Wildman–Crippen MR) is 447 cm³/mol. The topological polar surface area (TPSA) is 446 Å². The van der Waals surface area contributed by atoms with Crippen LogP contribution in [0.2, 0.25) is 20.5 Å². The van der Waals surface area contributed by atoms with Crippen molar-refractivity contribution in [2.45, 2.75) is 98.8 Å². The van der Waals surface area contributed by atoms with Crippen LogP contribution in [-0.4, -0.2) is 188 Å². The molecule has 3 aliphatic rings. The van der Waals surface area contributed by atoms with E-state index >= 15 is 0 Å². The monoisotopic (exact) mass is 1710 g/mol. The molecule has 10 aromatic rings. The number of carbonyl (C=O) groups excluding carboxylic acids is 6. The number of amides is 6. The zero-order valence-electron chi connectivity index (χ0n) is 72.3. The van der Waals surface area contributed by atoms with Gasteiger partial charge in [-0.3, -0.25) is 28.8 Å². The Morgan fingerprint density at radius 3 is 1.14 bits per heavy atom. The molecule has 2 saturated carbocycles. The number of rotatable bonds is 28. The summed E-state index contributed by atoms with van der Waals surface area (Å²) in [5, 5.41) is 64.8. The Bertz CT molecular complexity index is 5110. The number of methoxy groups -OCH3 is 3. The van der Waals surface area contributed by atoms with Crippen LogP contribution in [0.15, 0.2) is 116 Å². The average Bonchev–Trinajstić information content (AvgIpc) is 1.40. The third-order valence-electron chi connectivity index (χ3n) is 17.0. The van der Waals surface area contributed by atoms with E-state index in [0.717, 1.165) is 44.5 Å². The Balaban J connectivity index is 0.000000203. The number of benzene rings is 3. The summed E-state index contributed by atoms with van der Waals surface area (Å²) in [5.74, 6) is -0.961. The number of hydrogen-bond donors (Lipinski definition) is 9. The summed E-state index contributed by atoms with van der Waals surface area (Å²) >= 11 is 23.1. The molecule has 3 fully saturated rings. The van der Waals surface area contributed by atoms with Crippen LogP contribution in [-0.2, 0) is 28.5 Å². The van der Waals surface area contributed by atoms with E-state index in [2.05, 4.69) is 88.0 Å². The molecule has 36 nitrogen and oxygen atoms in total. The van der Waals surface area contributed by atoms with E-state index in [1.54, 1.807) is 63.9 Å². The van der Waals surface area contributed by atoms with Crippen LogP contribution in [0.5, 0.6) is 17.2 Å². The van der Waals surface area contributed by atoms with E-state index in [1.807, 2.05) is 107 Å². The highest BCUT2D eigenvalue weighted by atomic mass is 35.5. The largest absolute Gasteiger partial charge is 0.494 e. The van der Waals surface area contributed by atoms with Gasteiger partial charge in [-0.15, -0.1) is 40.8 Å². The maximum Gasteiger partial charge on any atom is 0.273 e. The van der Waals surface area contributed by atoms with Crippen molar-refractivity contribution in [1.82, 2.24) is 91.4 Å². The zero-order valence-corrected chi connectivity index (χ0v) is 69.3. The van der Waals surface area contributed by atoms with E-state index < -0.39 is 31.7 Å². The Kier molecular flexibility index (Phi) is 32.0. The van der Waals surface area contributed by atoms with Crippen LogP contribution in [0, 0.1) is 11.8 Å². The van der Waals surface area contributed by atoms with E-state index in [0.29, 0.717) is 88.0 Å². The minimum atomic E-state index is -2.69. The van der Waals surface area contributed by atoms with Gasteiger partial charge in [0.2, 0.25) is 11.8 Å². The second-order valence-electron chi connectivity index (χ2n) is 25.3. The van der Waals surface area contributed by atoms with Crippen LogP contribution >= 0.6 is 46.4 Å². The standard InChI is InChI=1S/C24H29N7O4.2C20H23ClN6O3.C6H5Cl2N3O.C4H7NO.C4H8O/c1-5-35-14(2)31-12-11-17(30-31)16-7-6-8-18(22(16)34-4)26-19-13-20(27-23(32)15-9-10-15)28-29-21(19)24(33)25-3;2*1-5-30-12(2)27-10-9-14(26-27)13-7-6-8-15(19(13)29-4)23-16-11-17(21)24-25-18(16)20(28)22-3;1-9-6(12)5-3(7)2-4(8)10-11-5;5-4(6)3-1-2-3;1-2-4-5-3-1/h6-8,11-15H,5,9-10H2,1-4H3,(H,25,33)(H2,26,27,28,32);2*6-12H,5H2,1-4H3,(H,22,28)(H,23,24);2H,1H3,(H,9,12);3H,1-2H2,(H2,5,6);1-4H2/i;2*3D3;;;. The van der Waals surface area contributed by atoms with Gasteiger partial charge in [-0.1, -0.05) is 64.6 Å². The maximum atomic E-state index is 12.4. The summed E-state index contributed by atoms with van der Waals surface area (Å²) in [4.78, 5) is 70.5. The zero-order chi connectivity index (χ0) is 90.5. The number of aromatic nitrogens is 14. The Morgan fingerprint density at radius 1 is 0.475 bits per heavy atom. The van der Waals surface area contributed by atoms with Crippen LogP contribution in [0.1, 0.15) is 149 Å². The summed E-state index contributed by atoms with van der Waals surface area (Å²) < 4.78 is 87.4. The molecule has 0 spiro atoms. The van der Waals surface area contributed by atoms with Crippen molar-refractivity contribution in [2.24, 2.45) is 17.6 Å². The summed E-state index contributed by atoms with van der Waals surface area (Å²) in [6.07, 6.45) is 11.1. The molecule has 13 rings (SSSR count). The quantitative estimate of drug-likeness (QED) is 0.0220. The second kappa shape index (κ2) is 45.7. The highest BCUT2D eigenvalue weighted by Crippen LogP contribution is 2.42. The first-order valence-corrected chi connectivity index (χ1v) is 38.4. The summed E-state index contributed by atoms with van der Waals surface area (Å²) in [7, 11) is 7.57. The van der Waals surface area contributed by atoms with Gasteiger partial charge in [-0.25, -0.2) is 14.0 Å². The number of nitrogens with zero attached hydrogens (tertiary/aromatic N) is 14. The number of primary amides is 1. The minimum absolute atomic E-state index is 0.00820.